The fourth-order valence-electron chi connectivity index (χ4n) is 2.35. The molecule has 23 heavy (non-hydrogen) atoms. The van der Waals surface area contributed by atoms with Crippen molar-refractivity contribution in [1.29, 1.82) is 0 Å². The maximum atomic E-state index is 11.0. The minimum Gasteiger partial charge on any atom is -0.494 e. The molecule has 0 spiro atoms. The predicted molar refractivity (Wildman–Crippen MR) is 88.3 cm³/mol. The average Bonchev–Trinajstić information content (AvgIpc) is 2.62. The van der Waals surface area contributed by atoms with Crippen molar-refractivity contribution in [2.24, 2.45) is 0 Å². The number of aromatic nitrogens is 1. The first-order chi connectivity index (χ1) is 11.2. The Hall–Kier alpha value is -3.21. The molecule has 3 aromatic rings. The maximum Gasteiger partial charge on any atom is 0.270 e. The molecule has 0 N–H and O–H groups in total. The van der Waals surface area contributed by atoms with Gasteiger partial charge in [-0.25, -0.2) is 4.98 Å². The van der Waals surface area contributed by atoms with Crippen molar-refractivity contribution >= 4 is 5.69 Å². The van der Waals surface area contributed by atoms with Gasteiger partial charge in [-0.05, 0) is 12.1 Å². The van der Waals surface area contributed by atoms with Gasteiger partial charge in [-0.3, -0.25) is 10.1 Å². The van der Waals surface area contributed by atoms with E-state index in [2.05, 4.69) is 4.98 Å². The largest absolute Gasteiger partial charge is 0.494 e. The molecule has 0 aliphatic rings. The highest BCUT2D eigenvalue weighted by Crippen LogP contribution is 2.32. The van der Waals surface area contributed by atoms with Crippen molar-refractivity contribution in [1.82, 2.24) is 4.98 Å². The van der Waals surface area contributed by atoms with E-state index in [4.69, 9.17) is 4.74 Å². The lowest BCUT2D eigenvalue weighted by Gasteiger charge is -2.10. The summed E-state index contributed by atoms with van der Waals surface area (Å²) < 4.78 is 5.36. The SMILES string of the molecule is COc1ccc(-c2ccccc2)nc1-c1cccc([N+](=O)[O-])c1. The van der Waals surface area contributed by atoms with Gasteiger partial charge in [0.2, 0.25) is 0 Å². The number of nitro groups is 1. The lowest BCUT2D eigenvalue weighted by Crippen LogP contribution is -1.95. The van der Waals surface area contributed by atoms with Crippen LogP contribution in [0.2, 0.25) is 0 Å². The van der Waals surface area contributed by atoms with E-state index in [0.717, 1.165) is 11.3 Å². The molecule has 0 saturated heterocycles. The number of benzene rings is 2. The third kappa shape index (κ3) is 3.03. The summed E-state index contributed by atoms with van der Waals surface area (Å²) in [5.74, 6) is 0.574. The van der Waals surface area contributed by atoms with Gasteiger partial charge in [-0.1, -0.05) is 42.5 Å². The van der Waals surface area contributed by atoms with E-state index in [1.807, 2.05) is 42.5 Å². The first-order valence-electron chi connectivity index (χ1n) is 7.04. The lowest BCUT2D eigenvalue weighted by molar-refractivity contribution is -0.384. The molecule has 1 aromatic heterocycles. The highest BCUT2D eigenvalue weighted by Gasteiger charge is 2.13. The number of hydrogen-bond donors (Lipinski definition) is 0. The normalized spacial score (nSPS) is 10.3. The Bertz CT molecular complexity index is 848. The molecular formula is C18H14N2O3. The van der Waals surface area contributed by atoms with Crippen molar-refractivity contribution in [2.75, 3.05) is 7.11 Å². The minimum absolute atomic E-state index is 0.0245. The number of methoxy groups -OCH3 is 1. The summed E-state index contributed by atoms with van der Waals surface area (Å²) in [5.41, 5.74) is 3.01. The number of nitro benzene ring substituents is 1. The number of rotatable bonds is 4. The standard InChI is InChI=1S/C18H14N2O3/c1-23-17-11-10-16(13-6-3-2-4-7-13)19-18(17)14-8-5-9-15(12-14)20(21)22/h2-12H,1H3. The van der Waals surface area contributed by atoms with E-state index in [9.17, 15) is 10.1 Å². The van der Waals surface area contributed by atoms with Gasteiger partial charge in [-0.2, -0.15) is 0 Å². The van der Waals surface area contributed by atoms with Gasteiger partial charge in [0.05, 0.1) is 17.7 Å². The van der Waals surface area contributed by atoms with Crippen molar-refractivity contribution in [3.63, 3.8) is 0 Å². The van der Waals surface area contributed by atoms with Crippen LogP contribution in [0.1, 0.15) is 0 Å². The van der Waals surface area contributed by atoms with Gasteiger partial charge in [0.25, 0.3) is 5.69 Å². The van der Waals surface area contributed by atoms with E-state index in [1.54, 1.807) is 19.2 Å². The average molecular weight is 306 g/mol. The fraction of sp³-hybridized carbons (Fsp3) is 0.0556. The Morgan fingerprint density at radius 1 is 0.957 bits per heavy atom. The molecule has 114 valence electrons. The van der Waals surface area contributed by atoms with Crippen LogP contribution >= 0.6 is 0 Å². The van der Waals surface area contributed by atoms with E-state index in [0.29, 0.717) is 17.0 Å². The molecule has 5 nitrogen and oxygen atoms in total. The Kier molecular flexibility index (Phi) is 4.01. The molecule has 0 aliphatic carbocycles. The molecule has 2 aromatic carbocycles. The molecule has 0 unspecified atom stereocenters. The third-order valence-corrected chi connectivity index (χ3v) is 3.48. The molecule has 0 aliphatic heterocycles. The molecule has 0 amide bonds. The van der Waals surface area contributed by atoms with Gasteiger partial charge in [0.15, 0.2) is 0 Å². The fourth-order valence-corrected chi connectivity index (χ4v) is 2.35. The smallest absolute Gasteiger partial charge is 0.270 e. The molecule has 0 bridgehead atoms. The van der Waals surface area contributed by atoms with Crippen LogP contribution in [-0.2, 0) is 0 Å². The first-order valence-corrected chi connectivity index (χ1v) is 7.04. The van der Waals surface area contributed by atoms with Crippen LogP contribution in [0.3, 0.4) is 0 Å². The highest BCUT2D eigenvalue weighted by atomic mass is 16.6. The second-order valence-corrected chi connectivity index (χ2v) is 4.92. The highest BCUT2D eigenvalue weighted by molar-refractivity contribution is 5.72. The Labute approximate surface area is 133 Å². The van der Waals surface area contributed by atoms with E-state index < -0.39 is 4.92 Å². The molecular weight excluding hydrogens is 292 g/mol. The summed E-state index contributed by atoms with van der Waals surface area (Å²) in [7, 11) is 1.56. The van der Waals surface area contributed by atoms with E-state index in [1.165, 1.54) is 12.1 Å². The van der Waals surface area contributed by atoms with E-state index in [-0.39, 0.29) is 5.69 Å². The third-order valence-electron chi connectivity index (χ3n) is 3.48. The number of hydrogen-bond acceptors (Lipinski definition) is 4. The van der Waals surface area contributed by atoms with Crippen LogP contribution in [0.15, 0.2) is 66.7 Å². The quantitative estimate of drug-likeness (QED) is 0.531. The zero-order valence-electron chi connectivity index (χ0n) is 12.5. The first kappa shape index (κ1) is 14.7. The maximum absolute atomic E-state index is 11.0. The summed E-state index contributed by atoms with van der Waals surface area (Å²) in [6.07, 6.45) is 0. The van der Waals surface area contributed by atoms with Gasteiger partial charge in [0.1, 0.15) is 11.4 Å². The Balaban J connectivity index is 2.14. The zero-order chi connectivity index (χ0) is 16.2. The summed E-state index contributed by atoms with van der Waals surface area (Å²) in [5, 5.41) is 11.0. The number of pyridine rings is 1. The molecule has 0 radical (unpaired) electrons. The molecule has 5 heteroatoms. The lowest BCUT2D eigenvalue weighted by atomic mass is 10.1. The van der Waals surface area contributed by atoms with Gasteiger partial charge in [0, 0.05) is 23.3 Å². The van der Waals surface area contributed by atoms with Crippen LogP contribution in [0.25, 0.3) is 22.5 Å². The zero-order valence-corrected chi connectivity index (χ0v) is 12.5. The van der Waals surface area contributed by atoms with Crippen LogP contribution in [0.5, 0.6) is 5.75 Å². The second-order valence-electron chi connectivity index (χ2n) is 4.92. The topological polar surface area (TPSA) is 65.3 Å². The molecule has 1 heterocycles. The van der Waals surface area contributed by atoms with Crippen LogP contribution in [0.4, 0.5) is 5.69 Å². The molecule has 0 atom stereocenters. The van der Waals surface area contributed by atoms with Crippen molar-refractivity contribution in [2.45, 2.75) is 0 Å². The monoisotopic (exact) mass is 306 g/mol. The summed E-state index contributed by atoms with van der Waals surface area (Å²) >= 11 is 0. The van der Waals surface area contributed by atoms with Crippen molar-refractivity contribution in [3.05, 3.63) is 76.8 Å². The summed E-state index contributed by atoms with van der Waals surface area (Å²) in [6, 6.07) is 19.8. The molecule has 0 saturated carbocycles. The van der Waals surface area contributed by atoms with Gasteiger partial charge >= 0.3 is 0 Å². The van der Waals surface area contributed by atoms with Crippen molar-refractivity contribution in [3.8, 4) is 28.3 Å². The second kappa shape index (κ2) is 6.27. The van der Waals surface area contributed by atoms with Crippen LogP contribution in [0, 0.1) is 10.1 Å². The van der Waals surface area contributed by atoms with Gasteiger partial charge < -0.3 is 4.74 Å². The number of nitrogens with zero attached hydrogens (tertiary/aromatic N) is 2. The number of ether oxygens (including phenoxy) is 1. The van der Waals surface area contributed by atoms with E-state index >= 15 is 0 Å². The summed E-state index contributed by atoms with van der Waals surface area (Å²) in [6.45, 7) is 0. The molecule has 3 rings (SSSR count). The van der Waals surface area contributed by atoms with Gasteiger partial charge in [-0.15, -0.1) is 0 Å². The summed E-state index contributed by atoms with van der Waals surface area (Å²) in [4.78, 5) is 15.2. The van der Waals surface area contributed by atoms with Crippen LogP contribution < -0.4 is 4.74 Å². The predicted octanol–water partition coefficient (Wildman–Crippen LogP) is 4.33. The van der Waals surface area contributed by atoms with Crippen LogP contribution in [-0.4, -0.2) is 17.0 Å². The number of non-ortho nitro benzene ring substituents is 1. The Morgan fingerprint density at radius 2 is 1.70 bits per heavy atom. The molecule has 0 fully saturated rings. The Morgan fingerprint density at radius 3 is 2.39 bits per heavy atom. The van der Waals surface area contributed by atoms with Crippen molar-refractivity contribution < 1.29 is 9.66 Å². The minimum atomic E-state index is -0.420.